The molecule has 0 unspecified atom stereocenters. The van der Waals surface area contributed by atoms with Crippen LogP contribution in [-0.4, -0.2) is 55.5 Å². The maximum atomic E-state index is 13.1. The molecule has 0 amide bonds. The zero-order valence-corrected chi connectivity index (χ0v) is 26.9. The number of anilines is 1. The monoisotopic (exact) mass is 698 g/mol. The normalized spacial score (nSPS) is 14.2. The van der Waals surface area contributed by atoms with Crippen LogP contribution in [0.1, 0.15) is 33.6 Å². The number of benzene rings is 3. The first-order chi connectivity index (χ1) is 21.2. The van der Waals surface area contributed by atoms with Gasteiger partial charge >= 0.3 is 11.9 Å². The number of halogens is 1. The first kappa shape index (κ1) is 31.7. The average molecular weight is 700 g/mol. The molecule has 1 aromatic heterocycles. The number of carboxylic acid groups (broad SMARTS) is 1. The predicted octanol–water partition coefficient (Wildman–Crippen LogP) is 6.40. The highest BCUT2D eigenvalue weighted by atomic mass is 79.9. The number of ether oxygens (including phenoxy) is 2. The van der Waals surface area contributed by atoms with Crippen LogP contribution in [0.5, 0.6) is 5.75 Å². The van der Waals surface area contributed by atoms with Gasteiger partial charge in [-0.05, 0) is 57.6 Å². The Labute approximate surface area is 268 Å². The van der Waals surface area contributed by atoms with E-state index in [1.165, 1.54) is 0 Å². The van der Waals surface area contributed by atoms with Gasteiger partial charge in [0.2, 0.25) is 10.0 Å². The van der Waals surface area contributed by atoms with E-state index in [0.717, 1.165) is 33.7 Å². The summed E-state index contributed by atoms with van der Waals surface area (Å²) < 4.78 is 39.0. The van der Waals surface area contributed by atoms with Crippen molar-refractivity contribution < 1.29 is 32.6 Å². The van der Waals surface area contributed by atoms with E-state index in [9.17, 15) is 23.1 Å². The Hall–Kier alpha value is -3.71. The first-order valence-corrected chi connectivity index (χ1v) is 17.2. The number of sulfonamides is 1. The number of hydrogen-bond donors (Lipinski definition) is 2. The molecule has 0 spiro atoms. The Kier molecular flexibility index (Phi) is 10.4. The Balaban J connectivity index is 1.27. The molecule has 0 aliphatic carbocycles. The van der Waals surface area contributed by atoms with Crippen molar-refractivity contribution >= 4 is 54.9 Å². The minimum Gasteiger partial charge on any atom is -0.479 e. The lowest BCUT2D eigenvalue weighted by Gasteiger charge is -2.32. The Morgan fingerprint density at radius 3 is 2.27 bits per heavy atom. The van der Waals surface area contributed by atoms with Crippen LogP contribution in [0.2, 0.25) is 0 Å². The summed E-state index contributed by atoms with van der Waals surface area (Å²) in [5.74, 6) is -1.68. The number of nitrogens with zero attached hydrogens (tertiary/aromatic N) is 1. The lowest BCUT2D eigenvalue weighted by atomic mass is 10.1. The van der Waals surface area contributed by atoms with Crippen LogP contribution in [-0.2, 0) is 31.9 Å². The minimum absolute atomic E-state index is 0.0103. The van der Waals surface area contributed by atoms with Gasteiger partial charge in [-0.2, -0.15) is 0 Å². The molecule has 0 saturated carbocycles. The van der Waals surface area contributed by atoms with Crippen LogP contribution in [0.4, 0.5) is 5.69 Å². The Morgan fingerprint density at radius 2 is 1.61 bits per heavy atom. The largest absolute Gasteiger partial charge is 0.479 e. The van der Waals surface area contributed by atoms with Gasteiger partial charge in [-0.3, -0.25) is 0 Å². The van der Waals surface area contributed by atoms with Crippen LogP contribution in [0.25, 0.3) is 10.4 Å². The van der Waals surface area contributed by atoms with E-state index in [1.54, 1.807) is 4.31 Å². The molecule has 9 nitrogen and oxygen atoms in total. The quantitative estimate of drug-likeness (QED) is 0.163. The molecule has 1 aliphatic heterocycles. The van der Waals surface area contributed by atoms with Gasteiger partial charge in [0.05, 0.1) is 15.1 Å². The maximum Gasteiger partial charge on any atom is 0.352 e. The van der Waals surface area contributed by atoms with Crippen LogP contribution in [0, 0.1) is 0 Å². The summed E-state index contributed by atoms with van der Waals surface area (Å²) in [6.07, 6.45) is 1.32. The third-order valence-electron chi connectivity index (χ3n) is 7.08. The fraction of sp³-hybridized carbons (Fsp3) is 0.250. The molecular weight excluding hydrogens is 668 g/mol. The number of carboxylic acids is 1. The number of thiophene rings is 1. The van der Waals surface area contributed by atoms with Gasteiger partial charge in [0.15, 0.2) is 17.2 Å². The van der Waals surface area contributed by atoms with Crippen molar-refractivity contribution in [3.05, 3.63) is 105 Å². The number of carbonyl (C=O) groups is 2. The van der Waals surface area contributed by atoms with Gasteiger partial charge < -0.3 is 19.9 Å². The second-order valence-corrected chi connectivity index (χ2v) is 14.1. The molecule has 3 aromatic carbocycles. The first-order valence-electron chi connectivity index (χ1n) is 14.0. The molecule has 1 fully saturated rings. The van der Waals surface area contributed by atoms with E-state index >= 15 is 0 Å². The number of esters is 1. The molecule has 230 valence electrons. The van der Waals surface area contributed by atoms with Crippen LogP contribution in [0.15, 0.2) is 89.4 Å². The topological polar surface area (TPSA) is 122 Å². The standard InChI is InChI=1S/C32H31BrN2O7S2/c33-28-29(41-20-27(36)37)31(32(38)42-19-22-8-3-1-4-9-22)43-30(28)24-12-7-13-26(18-24)34-25-14-16-35(17-15-25)44(39,40)21-23-10-5-2-6-11-23/h1-13,18,25,34H,14-17,19-21H2,(H,36,37). The van der Waals surface area contributed by atoms with Crippen LogP contribution in [0.3, 0.4) is 0 Å². The Bertz CT molecular complexity index is 1710. The van der Waals surface area contributed by atoms with Gasteiger partial charge in [-0.15, -0.1) is 11.3 Å². The molecule has 44 heavy (non-hydrogen) atoms. The number of piperidine rings is 1. The van der Waals surface area contributed by atoms with E-state index in [2.05, 4.69) is 21.2 Å². The molecule has 0 radical (unpaired) electrons. The van der Waals surface area contributed by atoms with E-state index in [1.807, 2.05) is 84.9 Å². The summed E-state index contributed by atoms with van der Waals surface area (Å²) >= 11 is 4.68. The van der Waals surface area contributed by atoms with Gasteiger partial charge in [0.1, 0.15) is 6.61 Å². The molecule has 2 heterocycles. The van der Waals surface area contributed by atoms with Crippen molar-refractivity contribution in [2.24, 2.45) is 0 Å². The summed E-state index contributed by atoms with van der Waals surface area (Å²) in [7, 11) is -3.40. The second-order valence-electron chi connectivity index (χ2n) is 10.3. The third kappa shape index (κ3) is 8.06. The van der Waals surface area contributed by atoms with Crippen molar-refractivity contribution in [2.75, 3.05) is 25.0 Å². The van der Waals surface area contributed by atoms with Gasteiger partial charge in [-0.1, -0.05) is 72.8 Å². The molecule has 1 saturated heterocycles. The van der Waals surface area contributed by atoms with Crippen LogP contribution >= 0.6 is 27.3 Å². The van der Waals surface area contributed by atoms with E-state index in [-0.39, 0.29) is 29.0 Å². The van der Waals surface area contributed by atoms with Gasteiger partial charge in [0.25, 0.3) is 0 Å². The highest BCUT2D eigenvalue weighted by molar-refractivity contribution is 9.10. The van der Waals surface area contributed by atoms with E-state index in [0.29, 0.717) is 35.3 Å². The SMILES string of the molecule is O=C(O)COc1c(C(=O)OCc2ccccc2)sc(-c2cccc(NC3CCN(S(=O)(=O)Cc4ccccc4)CC3)c2)c1Br. The molecule has 5 rings (SSSR count). The number of nitrogens with one attached hydrogen (secondary N) is 1. The van der Waals surface area contributed by atoms with Crippen molar-refractivity contribution in [2.45, 2.75) is 31.2 Å². The van der Waals surface area contributed by atoms with Crippen molar-refractivity contribution in [1.29, 1.82) is 0 Å². The second kappa shape index (κ2) is 14.4. The highest BCUT2D eigenvalue weighted by Crippen LogP contribution is 2.46. The fourth-order valence-electron chi connectivity index (χ4n) is 4.91. The molecule has 0 atom stereocenters. The smallest absolute Gasteiger partial charge is 0.352 e. The highest BCUT2D eigenvalue weighted by Gasteiger charge is 2.29. The van der Waals surface area contributed by atoms with Crippen molar-refractivity contribution in [1.82, 2.24) is 4.31 Å². The number of aliphatic carboxylic acids is 1. The predicted molar refractivity (Wildman–Crippen MR) is 173 cm³/mol. The third-order valence-corrected chi connectivity index (χ3v) is 11.2. The zero-order chi connectivity index (χ0) is 31.1. The summed E-state index contributed by atoms with van der Waals surface area (Å²) in [6, 6.07) is 26.2. The number of hydrogen-bond acceptors (Lipinski definition) is 8. The molecule has 4 aromatic rings. The zero-order valence-electron chi connectivity index (χ0n) is 23.6. The molecule has 12 heteroatoms. The number of rotatable bonds is 12. The fourth-order valence-corrected chi connectivity index (χ4v) is 8.41. The van der Waals surface area contributed by atoms with Crippen molar-refractivity contribution in [3.63, 3.8) is 0 Å². The molecule has 2 N–H and O–H groups in total. The average Bonchev–Trinajstić information content (AvgIpc) is 3.36. The van der Waals surface area contributed by atoms with Crippen molar-refractivity contribution in [3.8, 4) is 16.2 Å². The molecule has 1 aliphatic rings. The lowest BCUT2D eigenvalue weighted by molar-refractivity contribution is -0.139. The van der Waals surface area contributed by atoms with Crippen LogP contribution < -0.4 is 10.1 Å². The summed E-state index contributed by atoms with van der Waals surface area (Å²) in [4.78, 5) is 25.2. The summed E-state index contributed by atoms with van der Waals surface area (Å²) in [5, 5.41) is 12.7. The molecule has 0 bridgehead atoms. The van der Waals surface area contributed by atoms with E-state index < -0.39 is 28.6 Å². The van der Waals surface area contributed by atoms with Gasteiger partial charge in [-0.25, -0.2) is 22.3 Å². The number of carbonyl (C=O) groups excluding carboxylic acids is 1. The summed E-state index contributed by atoms with van der Waals surface area (Å²) in [5.41, 5.74) is 3.23. The lowest BCUT2D eigenvalue weighted by Crippen LogP contribution is -2.42. The Morgan fingerprint density at radius 1 is 0.955 bits per heavy atom. The maximum absolute atomic E-state index is 13.1. The minimum atomic E-state index is -3.40. The van der Waals surface area contributed by atoms with E-state index in [4.69, 9.17) is 9.47 Å². The van der Waals surface area contributed by atoms with Gasteiger partial charge in [0, 0.05) is 24.8 Å². The summed E-state index contributed by atoms with van der Waals surface area (Å²) in [6.45, 7) is 0.313. The molecular formula is C32H31BrN2O7S2.